The smallest absolute Gasteiger partial charge is 0.0419 e. The molecule has 1 aliphatic rings. The molecule has 0 aliphatic heterocycles. The Labute approximate surface area is 110 Å². The summed E-state index contributed by atoms with van der Waals surface area (Å²) in [4.78, 5) is 4.40. The monoisotopic (exact) mass is 247 g/mol. The molecule has 3 N–H and O–H groups in total. The summed E-state index contributed by atoms with van der Waals surface area (Å²) < 4.78 is 0. The van der Waals surface area contributed by atoms with Crippen molar-refractivity contribution >= 4 is 0 Å². The fraction of sp³-hybridized carbons (Fsp3) is 0.667. The summed E-state index contributed by atoms with van der Waals surface area (Å²) >= 11 is 0. The van der Waals surface area contributed by atoms with Gasteiger partial charge in [0.2, 0.25) is 0 Å². The van der Waals surface area contributed by atoms with Crippen LogP contribution in [-0.4, -0.2) is 11.0 Å². The van der Waals surface area contributed by atoms with Gasteiger partial charge in [0.1, 0.15) is 0 Å². The van der Waals surface area contributed by atoms with Crippen molar-refractivity contribution in [2.75, 3.05) is 0 Å². The van der Waals surface area contributed by atoms with Crippen LogP contribution in [0.2, 0.25) is 0 Å². The van der Waals surface area contributed by atoms with Gasteiger partial charge in [0.15, 0.2) is 0 Å². The molecule has 100 valence electrons. The van der Waals surface area contributed by atoms with Gasteiger partial charge in [-0.25, -0.2) is 0 Å². The first-order valence-corrected chi connectivity index (χ1v) is 7.06. The number of pyridine rings is 1. The van der Waals surface area contributed by atoms with Crippen LogP contribution >= 0.6 is 0 Å². The SMILES string of the molecule is CC1CCC(C(Cc2ccccn2)NN)CC1C. The minimum Gasteiger partial charge on any atom is -0.271 e. The van der Waals surface area contributed by atoms with Crippen LogP contribution in [0.5, 0.6) is 0 Å². The van der Waals surface area contributed by atoms with Crippen molar-refractivity contribution in [1.29, 1.82) is 0 Å². The maximum absolute atomic E-state index is 5.75. The van der Waals surface area contributed by atoms with Gasteiger partial charge in [-0.3, -0.25) is 16.3 Å². The molecule has 4 atom stereocenters. The largest absolute Gasteiger partial charge is 0.271 e. The Morgan fingerprint density at radius 3 is 2.78 bits per heavy atom. The van der Waals surface area contributed by atoms with E-state index in [1.165, 1.54) is 19.3 Å². The molecule has 2 rings (SSSR count). The van der Waals surface area contributed by atoms with E-state index in [1.807, 2.05) is 18.3 Å². The Morgan fingerprint density at radius 1 is 1.33 bits per heavy atom. The number of hydrogen-bond donors (Lipinski definition) is 2. The molecule has 4 unspecified atom stereocenters. The molecular formula is C15H25N3. The first kappa shape index (κ1) is 13.5. The van der Waals surface area contributed by atoms with Gasteiger partial charge >= 0.3 is 0 Å². The van der Waals surface area contributed by atoms with Crippen molar-refractivity contribution in [2.24, 2.45) is 23.6 Å². The van der Waals surface area contributed by atoms with E-state index in [4.69, 9.17) is 5.84 Å². The van der Waals surface area contributed by atoms with Crippen LogP contribution in [0.1, 0.15) is 38.8 Å². The predicted molar refractivity (Wildman–Crippen MR) is 74.7 cm³/mol. The van der Waals surface area contributed by atoms with Crippen molar-refractivity contribution < 1.29 is 0 Å². The lowest BCUT2D eigenvalue weighted by molar-refractivity contribution is 0.170. The van der Waals surface area contributed by atoms with Gasteiger partial charge in [0.05, 0.1) is 0 Å². The van der Waals surface area contributed by atoms with E-state index < -0.39 is 0 Å². The van der Waals surface area contributed by atoms with Crippen LogP contribution in [0, 0.1) is 17.8 Å². The van der Waals surface area contributed by atoms with Gasteiger partial charge in [-0.15, -0.1) is 0 Å². The van der Waals surface area contributed by atoms with Gasteiger partial charge < -0.3 is 0 Å². The standard InChI is InChI=1S/C15H25N3/c1-11-6-7-13(9-12(11)2)15(18-16)10-14-5-3-4-8-17-14/h3-5,8,11-13,15,18H,6-7,9-10,16H2,1-2H3. The van der Waals surface area contributed by atoms with Crippen LogP contribution in [-0.2, 0) is 6.42 Å². The van der Waals surface area contributed by atoms with Crippen LogP contribution in [0.4, 0.5) is 0 Å². The molecule has 0 aromatic carbocycles. The van der Waals surface area contributed by atoms with E-state index in [0.717, 1.165) is 24.0 Å². The predicted octanol–water partition coefficient (Wildman–Crippen LogP) is 2.53. The summed E-state index contributed by atoms with van der Waals surface area (Å²) in [5, 5.41) is 0. The molecule has 1 saturated carbocycles. The molecule has 1 aliphatic carbocycles. The third kappa shape index (κ3) is 3.30. The van der Waals surface area contributed by atoms with E-state index in [-0.39, 0.29) is 0 Å². The number of nitrogens with one attached hydrogen (secondary N) is 1. The van der Waals surface area contributed by atoms with Gasteiger partial charge in [-0.2, -0.15) is 0 Å². The van der Waals surface area contributed by atoms with Crippen LogP contribution in [0.3, 0.4) is 0 Å². The van der Waals surface area contributed by atoms with Gasteiger partial charge in [-0.05, 0) is 42.7 Å². The summed E-state index contributed by atoms with van der Waals surface area (Å²) in [5.74, 6) is 8.10. The van der Waals surface area contributed by atoms with Crippen LogP contribution in [0.25, 0.3) is 0 Å². The summed E-state index contributed by atoms with van der Waals surface area (Å²) in [6, 6.07) is 6.44. The Hall–Kier alpha value is -0.930. The highest BCUT2D eigenvalue weighted by molar-refractivity contribution is 5.06. The quantitative estimate of drug-likeness (QED) is 0.635. The number of rotatable bonds is 4. The Balaban J connectivity index is 1.97. The lowest BCUT2D eigenvalue weighted by atomic mass is 9.72. The van der Waals surface area contributed by atoms with E-state index in [0.29, 0.717) is 12.0 Å². The third-order valence-electron chi connectivity index (χ3n) is 4.58. The number of hydrogen-bond acceptors (Lipinski definition) is 3. The molecule has 0 bridgehead atoms. The summed E-state index contributed by atoms with van der Waals surface area (Å²) in [6.45, 7) is 4.73. The average Bonchev–Trinajstić information content (AvgIpc) is 2.40. The molecule has 1 heterocycles. The molecule has 1 fully saturated rings. The molecular weight excluding hydrogens is 222 g/mol. The number of nitrogens with zero attached hydrogens (tertiary/aromatic N) is 1. The highest BCUT2D eigenvalue weighted by Crippen LogP contribution is 2.35. The van der Waals surface area contributed by atoms with Crippen molar-refractivity contribution in [3.05, 3.63) is 30.1 Å². The second-order valence-corrected chi connectivity index (χ2v) is 5.83. The molecule has 0 amide bonds. The van der Waals surface area contributed by atoms with Gasteiger partial charge in [0, 0.05) is 24.4 Å². The van der Waals surface area contributed by atoms with E-state index in [9.17, 15) is 0 Å². The van der Waals surface area contributed by atoms with E-state index in [2.05, 4.69) is 30.3 Å². The minimum atomic E-state index is 0.356. The first-order valence-electron chi connectivity index (χ1n) is 7.06. The molecule has 18 heavy (non-hydrogen) atoms. The zero-order valence-electron chi connectivity index (χ0n) is 11.5. The Bertz CT molecular complexity index is 352. The number of nitrogens with two attached hydrogens (primary N) is 1. The molecule has 1 aromatic heterocycles. The fourth-order valence-corrected chi connectivity index (χ4v) is 3.06. The van der Waals surface area contributed by atoms with Crippen molar-refractivity contribution in [3.63, 3.8) is 0 Å². The highest BCUT2D eigenvalue weighted by atomic mass is 15.2. The number of aromatic nitrogens is 1. The van der Waals surface area contributed by atoms with Crippen molar-refractivity contribution in [2.45, 2.75) is 45.6 Å². The maximum Gasteiger partial charge on any atom is 0.0419 e. The zero-order chi connectivity index (χ0) is 13.0. The summed E-state index contributed by atoms with van der Waals surface area (Å²) in [7, 11) is 0. The molecule has 1 aromatic rings. The lowest BCUT2D eigenvalue weighted by Gasteiger charge is -2.36. The molecule has 0 saturated heterocycles. The van der Waals surface area contributed by atoms with Crippen LogP contribution in [0.15, 0.2) is 24.4 Å². The lowest BCUT2D eigenvalue weighted by Crippen LogP contribution is -2.44. The fourth-order valence-electron chi connectivity index (χ4n) is 3.06. The second kappa shape index (κ2) is 6.30. The minimum absolute atomic E-state index is 0.356. The Morgan fingerprint density at radius 2 is 2.17 bits per heavy atom. The van der Waals surface area contributed by atoms with E-state index in [1.54, 1.807) is 0 Å². The summed E-state index contributed by atoms with van der Waals surface area (Å²) in [5.41, 5.74) is 4.15. The van der Waals surface area contributed by atoms with Crippen molar-refractivity contribution in [3.8, 4) is 0 Å². The maximum atomic E-state index is 5.75. The van der Waals surface area contributed by atoms with Crippen LogP contribution < -0.4 is 11.3 Å². The van der Waals surface area contributed by atoms with Gasteiger partial charge in [0.25, 0.3) is 0 Å². The normalized spacial score (nSPS) is 30.1. The average molecular weight is 247 g/mol. The van der Waals surface area contributed by atoms with Crippen molar-refractivity contribution in [1.82, 2.24) is 10.4 Å². The molecule has 0 spiro atoms. The topological polar surface area (TPSA) is 50.9 Å². The number of hydrazine groups is 1. The second-order valence-electron chi connectivity index (χ2n) is 5.83. The Kier molecular flexibility index (Phi) is 4.72. The third-order valence-corrected chi connectivity index (χ3v) is 4.58. The zero-order valence-corrected chi connectivity index (χ0v) is 11.5. The highest BCUT2D eigenvalue weighted by Gasteiger charge is 2.29. The van der Waals surface area contributed by atoms with E-state index >= 15 is 0 Å². The molecule has 3 nitrogen and oxygen atoms in total. The summed E-state index contributed by atoms with van der Waals surface area (Å²) in [6.07, 6.45) is 6.68. The molecule has 0 radical (unpaired) electrons. The first-order chi connectivity index (χ1) is 8.70. The van der Waals surface area contributed by atoms with Gasteiger partial charge in [-0.1, -0.05) is 26.3 Å². The molecule has 3 heteroatoms.